The maximum absolute atomic E-state index is 15.3. The molecule has 3 aromatic rings. The topological polar surface area (TPSA) is 62.2 Å². The van der Waals surface area contributed by atoms with E-state index in [2.05, 4.69) is 0 Å². The van der Waals surface area contributed by atoms with Crippen LogP contribution in [0.15, 0.2) is 54.6 Å². The van der Waals surface area contributed by atoms with E-state index in [1.807, 2.05) is 53.4 Å². The maximum atomic E-state index is 15.3. The summed E-state index contributed by atoms with van der Waals surface area (Å²) in [5, 5.41) is 19.5. The summed E-state index contributed by atoms with van der Waals surface area (Å²) in [6, 6.07) is 16.4. The Morgan fingerprint density at radius 2 is 1.35 bits per heavy atom. The molecule has 0 bridgehead atoms. The maximum Gasteiger partial charge on any atom is 0.490 e. The van der Waals surface area contributed by atoms with Gasteiger partial charge in [0.25, 0.3) is 0 Å². The predicted octanol–water partition coefficient (Wildman–Crippen LogP) is 3.69. The van der Waals surface area contributed by atoms with E-state index in [1.165, 1.54) is 13.0 Å². The normalized spacial score (nSPS) is 10.7. The number of benzene rings is 3. The molecule has 0 amide bonds. The molecule has 0 atom stereocenters. The second-order valence-corrected chi connectivity index (χ2v) is 7.54. The Kier molecular flexibility index (Phi) is 7.44. The second kappa shape index (κ2) is 10.0. The van der Waals surface area contributed by atoms with Gasteiger partial charge in [-0.1, -0.05) is 35.9 Å². The van der Waals surface area contributed by atoms with E-state index in [0.29, 0.717) is 13.1 Å². The third kappa shape index (κ3) is 5.31. The van der Waals surface area contributed by atoms with Gasteiger partial charge in [-0.2, -0.15) is 0 Å². The predicted molar refractivity (Wildman–Crippen MR) is 122 cm³/mol. The fraction of sp³-hybridized carbons (Fsp3) is 0.217. The highest BCUT2D eigenvalue weighted by Gasteiger charge is 2.24. The number of hydrogen-bond donors (Lipinski definition) is 2. The van der Waals surface area contributed by atoms with Gasteiger partial charge in [0, 0.05) is 29.1 Å². The van der Waals surface area contributed by atoms with Crippen LogP contribution in [0.4, 0.5) is 10.1 Å². The summed E-state index contributed by atoms with van der Waals surface area (Å²) in [6.45, 7) is 2.29. The van der Waals surface area contributed by atoms with E-state index in [4.69, 9.17) is 21.1 Å². The molecular weight excluding hydrogens is 420 g/mol. The van der Waals surface area contributed by atoms with Crippen LogP contribution in [0.25, 0.3) is 0 Å². The van der Waals surface area contributed by atoms with Gasteiger partial charge < -0.3 is 24.4 Å². The average Bonchev–Trinajstić information content (AvgIpc) is 2.78. The third-order valence-corrected chi connectivity index (χ3v) is 5.61. The van der Waals surface area contributed by atoms with Crippen molar-refractivity contribution in [1.82, 2.24) is 0 Å². The first kappa shape index (κ1) is 22.9. The average molecular weight is 444 g/mol. The van der Waals surface area contributed by atoms with Crippen molar-refractivity contribution in [3.63, 3.8) is 0 Å². The Morgan fingerprint density at radius 1 is 0.903 bits per heavy atom. The molecule has 0 radical (unpaired) electrons. The summed E-state index contributed by atoms with van der Waals surface area (Å²) in [5.74, 6) is 0.950. The van der Waals surface area contributed by atoms with Crippen LogP contribution in [0.5, 0.6) is 11.5 Å². The molecule has 0 heterocycles. The highest BCUT2D eigenvalue weighted by Crippen LogP contribution is 2.29. The van der Waals surface area contributed by atoms with Crippen LogP contribution in [0.2, 0.25) is 5.02 Å². The van der Waals surface area contributed by atoms with Crippen molar-refractivity contribution in [3.8, 4) is 11.5 Å². The number of halogens is 2. The van der Waals surface area contributed by atoms with Crippen LogP contribution in [-0.2, 0) is 13.1 Å². The van der Waals surface area contributed by atoms with Gasteiger partial charge in [0.1, 0.15) is 11.5 Å². The Hall–Kier alpha value is -2.74. The fourth-order valence-electron chi connectivity index (χ4n) is 3.33. The van der Waals surface area contributed by atoms with Crippen LogP contribution in [-0.4, -0.2) is 31.4 Å². The largest absolute Gasteiger partial charge is 0.497 e. The summed E-state index contributed by atoms with van der Waals surface area (Å²) < 4.78 is 25.7. The monoisotopic (exact) mass is 443 g/mol. The first-order valence-electron chi connectivity index (χ1n) is 9.69. The van der Waals surface area contributed by atoms with E-state index >= 15 is 4.39 Å². The van der Waals surface area contributed by atoms with E-state index in [0.717, 1.165) is 22.6 Å². The van der Waals surface area contributed by atoms with Gasteiger partial charge in [-0.15, -0.1) is 0 Å². The summed E-state index contributed by atoms with van der Waals surface area (Å²) in [5.41, 5.74) is 2.33. The van der Waals surface area contributed by atoms with Crippen molar-refractivity contribution < 1.29 is 23.9 Å². The van der Waals surface area contributed by atoms with E-state index in [9.17, 15) is 10.0 Å². The van der Waals surface area contributed by atoms with E-state index in [-0.39, 0.29) is 21.7 Å². The number of hydrogen-bond acceptors (Lipinski definition) is 5. The Labute approximate surface area is 186 Å². The molecule has 0 aromatic heterocycles. The molecule has 2 N–H and O–H groups in total. The van der Waals surface area contributed by atoms with Crippen LogP contribution in [0.1, 0.15) is 16.7 Å². The smallest absolute Gasteiger partial charge is 0.490 e. The second-order valence-electron chi connectivity index (χ2n) is 7.16. The quantitative estimate of drug-likeness (QED) is 0.520. The lowest BCUT2D eigenvalue weighted by atomic mass is 9.79. The number of rotatable bonds is 8. The molecule has 31 heavy (non-hydrogen) atoms. The number of methoxy groups -OCH3 is 2. The van der Waals surface area contributed by atoms with Gasteiger partial charge in [0.15, 0.2) is 5.82 Å². The number of ether oxygens (including phenoxy) is 2. The van der Waals surface area contributed by atoms with Gasteiger partial charge in [0.2, 0.25) is 0 Å². The van der Waals surface area contributed by atoms with Crippen molar-refractivity contribution in [2.75, 3.05) is 19.1 Å². The van der Waals surface area contributed by atoms with Crippen molar-refractivity contribution in [2.24, 2.45) is 0 Å². The minimum absolute atomic E-state index is 0.00472. The zero-order valence-corrected chi connectivity index (χ0v) is 18.4. The van der Waals surface area contributed by atoms with Crippen molar-refractivity contribution in [3.05, 3.63) is 82.1 Å². The van der Waals surface area contributed by atoms with Gasteiger partial charge in [-0.05, 0) is 48.4 Å². The Bertz CT molecular complexity index is 980. The molecule has 0 fully saturated rings. The van der Waals surface area contributed by atoms with Crippen molar-refractivity contribution >= 4 is 29.9 Å². The standard InChI is InChI=1S/C23H24BClFNO4/c1-15-22(25)20(24(28)29)12-21(23(15)26)27(13-16-4-8-18(30-2)9-5-16)14-17-6-10-19(31-3)11-7-17/h4-12,28-29H,13-14H2,1-3H3. The molecule has 0 aliphatic heterocycles. The minimum Gasteiger partial charge on any atom is -0.497 e. The van der Waals surface area contributed by atoms with Gasteiger partial charge in [-0.25, -0.2) is 4.39 Å². The van der Waals surface area contributed by atoms with Crippen molar-refractivity contribution in [2.45, 2.75) is 20.0 Å². The highest BCUT2D eigenvalue weighted by atomic mass is 35.5. The first-order chi connectivity index (χ1) is 14.8. The molecule has 0 spiro atoms. The lowest BCUT2D eigenvalue weighted by Gasteiger charge is -2.27. The van der Waals surface area contributed by atoms with Crippen LogP contribution in [0, 0.1) is 12.7 Å². The molecule has 3 aromatic carbocycles. The molecule has 0 aliphatic rings. The number of anilines is 1. The van der Waals surface area contributed by atoms with Gasteiger partial charge in [-0.3, -0.25) is 0 Å². The van der Waals surface area contributed by atoms with Gasteiger partial charge >= 0.3 is 7.12 Å². The third-order valence-electron chi connectivity index (χ3n) is 5.11. The first-order valence-corrected chi connectivity index (χ1v) is 10.1. The molecule has 0 saturated heterocycles. The summed E-state index contributed by atoms with van der Waals surface area (Å²) >= 11 is 6.15. The lowest BCUT2D eigenvalue weighted by molar-refractivity contribution is 0.414. The summed E-state index contributed by atoms with van der Waals surface area (Å²) in [4.78, 5) is 1.83. The number of nitrogens with zero attached hydrogens (tertiary/aromatic N) is 1. The van der Waals surface area contributed by atoms with Crippen molar-refractivity contribution in [1.29, 1.82) is 0 Å². The summed E-state index contributed by atoms with van der Waals surface area (Å²) in [6.07, 6.45) is 0. The lowest BCUT2D eigenvalue weighted by Crippen LogP contribution is -2.34. The van der Waals surface area contributed by atoms with E-state index < -0.39 is 12.9 Å². The highest BCUT2D eigenvalue weighted by molar-refractivity contribution is 6.63. The Balaban J connectivity index is 2.03. The fourth-order valence-corrected chi connectivity index (χ4v) is 3.56. The van der Waals surface area contributed by atoms with Gasteiger partial charge in [0.05, 0.1) is 19.9 Å². The van der Waals surface area contributed by atoms with Crippen LogP contribution < -0.4 is 19.8 Å². The molecule has 8 heteroatoms. The zero-order chi connectivity index (χ0) is 22.5. The molecular formula is C23H24BClFNO4. The molecule has 162 valence electrons. The Morgan fingerprint density at radius 3 is 1.74 bits per heavy atom. The SMILES string of the molecule is COc1ccc(CN(Cc2ccc(OC)cc2)c2cc(B(O)O)c(Cl)c(C)c2F)cc1. The zero-order valence-electron chi connectivity index (χ0n) is 17.6. The van der Waals surface area contributed by atoms with Crippen LogP contribution in [0.3, 0.4) is 0 Å². The van der Waals surface area contributed by atoms with Crippen LogP contribution >= 0.6 is 11.6 Å². The summed E-state index contributed by atoms with van der Waals surface area (Å²) in [7, 11) is 1.38. The molecule has 3 rings (SSSR count). The minimum atomic E-state index is -1.81. The van der Waals surface area contributed by atoms with E-state index in [1.54, 1.807) is 14.2 Å². The molecule has 5 nitrogen and oxygen atoms in total. The molecule has 0 aliphatic carbocycles. The molecule has 0 unspecified atom stereocenters. The molecule has 0 saturated carbocycles.